The number of amides is 1. The molecule has 1 saturated heterocycles. The van der Waals surface area contributed by atoms with E-state index >= 15 is 0 Å². The second-order valence-corrected chi connectivity index (χ2v) is 6.16. The third kappa shape index (κ3) is 3.74. The van der Waals surface area contributed by atoms with Crippen molar-refractivity contribution in [1.29, 1.82) is 0 Å². The Kier molecular flexibility index (Phi) is 5.19. The van der Waals surface area contributed by atoms with E-state index in [1.54, 1.807) is 12.1 Å². The smallest absolute Gasteiger partial charge is 0.373 e. The fraction of sp³-hybridized carbons (Fsp3) is 0.368. The molecule has 3 rings (SSSR count). The van der Waals surface area contributed by atoms with Crippen LogP contribution in [0.1, 0.15) is 29.2 Å². The second kappa shape index (κ2) is 7.53. The molecular weight excluding hydrogens is 320 g/mol. The number of likely N-dealkylation sites (N-methyl/N-ethyl adjacent to an activating group) is 1. The first-order chi connectivity index (χ1) is 12.1. The van der Waals surface area contributed by atoms with Crippen LogP contribution >= 0.6 is 0 Å². The summed E-state index contributed by atoms with van der Waals surface area (Å²) in [6.45, 7) is 1.19. The predicted octanol–water partition coefficient (Wildman–Crippen LogP) is 2.69. The number of nitrogens with zero attached hydrogens (tertiary/aromatic N) is 2. The van der Waals surface area contributed by atoms with Gasteiger partial charge in [0.1, 0.15) is 5.76 Å². The van der Waals surface area contributed by atoms with Gasteiger partial charge in [-0.25, -0.2) is 4.79 Å². The number of furan rings is 1. The van der Waals surface area contributed by atoms with Gasteiger partial charge in [0.2, 0.25) is 11.7 Å². The fourth-order valence-electron chi connectivity index (χ4n) is 3.16. The molecule has 6 heteroatoms. The van der Waals surface area contributed by atoms with Crippen LogP contribution in [0.5, 0.6) is 0 Å². The zero-order valence-electron chi connectivity index (χ0n) is 14.5. The van der Waals surface area contributed by atoms with E-state index in [1.165, 1.54) is 7.11 Å². The van der Waals surface area contributed by atoms with Gasteiger partial charge in [0.25, 0.3) is 0 Å². The summed E-state index contributed by atoms with van der Waals surface area (Å²) in [6.07, 6.45) is 1.75. The summed E-state index contributed by atoms with van der Waals surface area (Å²) < 4.78 is 10.1. The Bertz CT molecular complexity index is 741. The summed E-state index contributed by atoms with van der Waals surface area (Å²) in [4.78, 5) is 28.2. The maximum Gasteiger partial charge on any atom is 0.373 e. The monoisotopic (exact) mass is 342 g/mol. The van der Waals surface area contributed by atoms with Gasteiger partial charge in [-0.3, -0.25) is 9.69 Å². The molecule has 2 aromatic rings. The van der Waals surface area contributed by atoms with Gasteiger partial charge in [-0.15, -0.1) is 0 Å². The first-order valence-electron chi connectivity index (χ1n) is 8.34. The van der Waals surface area contributed by atoms with E-state index < -0.39 is 5.97 Å². The van der Waals surface area contributed by atoms with E-state index in [-0.39, 0.29) is 17.7 Å². The van der Waals surface area contributed by atoms with Gasteiger partial charge in [-0.2, -0.15) is 0 Å². The topological polar surface area (TPSA) is 63.0 Å². The molecule has 1 aromatic carbocycles. The molecule has 0 spiro atoms. The Morgan fingerprint density at radius 1 is 1.28 bits per heavy atom. The van der Waals surface area contributed by atoms with E-state index in [1.807, 2.05) is 47.2 Å². The number of carbonyl (C=O) groups excluding carboxylic acids is 2. The molecule has 1 aliphatic heterocycles. The maximum atomic E-state index is 12.9. The minimum absolute atomic E-state index is 0.0969. The van der Waals surface area contributed by atoms with Gasteiger partial charge in [-0.05, 0) is 44.2 Å². The lowest BCUT2D eigenvalue weighted by Crippen LogP contribution is -2.51. The van der Waals surface area contributed by atoms with Crippen LogP contribution in [0.3, 0.4) is 0 Å². The molecule has 0 bridgehead atoms. The van der Waals surface area contributed by atoms with Gasteiger partial charge >= 0.3 is 5.97 Å². The number of rotatable bonds is 5. The number of hydrogen-bond donors (Lipinski definition) is 0. The van der Waals surface area contributed by atoms with Crippen LogP contribution in [-0.4, -0.2) is 43.5 Å². The number of piperidine rings is 1. The molecule has 2 heterocycles. The molecule has 0 saturated carbocycles. The zero-order valence-corrected chi connectivity index (χ0v) is 14.5. The van der Waals surface area contributed by atoms with Crippen molar-refractivity contribution in [1.82, 2.24) is 4.90 Å². The summed E-state index contributed by atoms with van der Waals surface area (Å²) in [7, 11) is 3.22. The molecule has 0 aliphatic carbocycles. The first-order valence-corrected chi connectivity index (χ1v) is 8.34. The van der Waals surface area contributed by atoms with E-state index in [4.69, 9.17) is 4.42 Å². The molecule has 6 nitrogen and oxygen atoms in total. The first kappa shape index (κ1) is 17.2. The number of para-hydroxylation sites is 1. The Morgan fingerprint density at radius 3 is 2.76 bits per heavy atom. The molecule has 0 N–H and O–H groups in total. The average molecular weight is 342 g/mol. The third-order valence-electron chi connectivity index (χ3n) is 4.46. The van der Waals surface area contributed by atoms with Crippen LogP contribution < -0.4 is 4.90 Å². The highest BCUT2D eigenvalue weighted by Gasteiger charge is 2.32. The van der Waals surface area contributed by atoms with E-state index in [2.05, 4.69) is 4.74 Å². The van der Waals surface area contributed by atoms with Gasteiger partial charge in [0.15, 0.2) is 0 Å². The van der Waals surface area contributed by atoms with Crippen molar-refractivity contribution in [2.75, 3.05) is 25.6 Å². The van der Waals surface area contributed by atoms with Crippen molar-refractivity contribution < 1.29 is 18.7 Å². The summed E-state index contributed by atoms with van der Waals surface area (Å²) in [6, 6.07) is 12.8. The number of carbonyl (C=O) groups is 2. The normalized spacial score (nSPS) is 17.8. The Balaban J connectivity index is 1.69. The van der Waals surface area contributed by atoms with Crippen molar-refractivity contribution in [3.05, 3.63) is 54.0 Å². The molecule has 1 unspecified atom stereocenters. The maximum absolute atomic E-state index is 12.9. The number of esters is 1. The van der Waals surface area contributed by atoms with Gasteiger partial charge in [0, 0.05) is 12.2 Å². The van der Waals surface area contributed by atoms with Crippen LogP contribution in [0, 0.1) is 0 Å². The summed E-state index contributed by atoms with van der Waals surface area (Å²) >= 11 is 0. The Hall–Kier alpha value is -2.60. The lowest BCUT2D eigenvalue weighted by atomic mass is 10.0. The summed E-state index contributed by atoms with van der Waals surface area (Å²) in [5.41, 5.74) is 0.927. The van der Waals surface area contributed by atoms with E-state index in [0.29, 0.717) is 12.3 Å². The highest BCUT2D eigenvalue weighted by molar-refractivity contribution is 5.97. The predicted molar refractivity (Wildman–Crippen MR) is 93.3 cm³/mol. The van der Waals surface area contributed by atoms with Gasteiger partial charge in [0.05, 0.1) is 19.7 Å². The second-order valence-electron chi connectivity index (χ2n) is 6.16. The van der Waals surface area contributed by atoms with Crippen LogP contribution in [0.4, 0.5) is 5.69 Å². The average Bonchev–Trinajstić information content (AvgIpc) is 3.10. The van der Waals surface area contributed by atoms with Crippen molar-refractivity contribution in [3.63, 3.8) is 0 Å². The standard InChI is InChI=1S/C19H22N2O4/c1-20(13-15-10-11-17(25-15)19(23)24-2)16-9-6-12-21(18(16)22)14-7-4-3-5-8-14/h3-5,7-8,10-11,16H,6,9,12-13H2,1-2H3. The molecular formula is C19H22N2O4. The lowest BCUT2D eigenvalue weighted by Gasteiger charge is -2.36. The third-order valence-corrected chi connectivity index (χ3v) is 4.46. The fourth-order valence-corrected chi connectivity index (χ4v) is 3.16. The van der Waals surface area contributed by atoms with Crippen molar-refractivity contribution in [2.45, 2.75) is 25.4 Å². The van der Waals surface area contributed by atoms with E-state index in [0.717, 1.165) is 25.1 Å². The highest BCUT2D eigenvalue weighted by Crippen LogP contribution is 2.24. The van der Waals surface area contributed by atoms with Crippen LogP contribution in [0.15, 0.2) is 46.9 Å². The number of anilines is 1. The molecule has 1 aromatic heterocycles. The molecule has 1 aliphatic rings. The van der Waals surface area contributed by atoms with Crippen LogP contribution in [-0.2, 0) is 16.1 Å². The molecule has 0 radical (unpaired) electrons. The van der Waals surface area contributed by atoms with Gasteiger partial charge < -0.3 is 14.1 Å². The minimum atomic E-state index is -0.502. The zero-order chi connectivity index (χ0) is 17.8. The summed E-state index contributed by atoms with van der Waals surface area (Å²) in [5, 5.41) is 0. The molecule has 25 heavy (non-hydrogen) atoms. The highest BCUT2D eigenvalue weighted by atomic mass is 16.5. The van der Waals surface area contributed by atoms with Crippen molar-refractivity contribution in [2.24, 2.45) is 0 Å². The molecule has 1 atom stereocenters. The van der Waals surface area contributed by atoms with Crippen LogP contribution in [0.25, 0.3) is 0 Å². The molecule has 1 amide bonds. The Morgan fingerprint density at radius 2 is 2.04 bits per heavy atom. The Labute approximate surface area is 147 Å². The van der Waals surface area contributed by atoms with Crippen molar-refractivity contribution >= 4 is 17.6 Å². The van der Waals surface area contributed by atoms with Crippen LogP contribution in [0.2, 0.25) is 0 Å². The SMILES string of the molecule is COC(=O)c1ccc(CN(C)C2CCCN(c3ccccc3)C2=O)o1. The summed E-state index contributed by atoms with van der Waals surface area (Å²) in [5.74, 6) is 0.400. The van der Waals surface area contributed by atoms with E-state index in [9.17, 15) is 9.59 Å². The minimum Gasteiger partial charge on any atom is -0.463 e. The number of benzene rings is 1. The van der Waals surface area contributed by atoms with Crippen molar-refractivity contribution in [3.8, 4) is 0 Å². The lowest BCUT2D eigenvalue weighted by molar-refractivity contribution is -0.125. The molecule has 132 valence electrons. The number of methoxy groups -OCH3 is 1. The largest absolute Gasteiger partial charge is 0.463 e. The van der Waals surface area contributed by atoms with Gasteiger partial charge in [-0.1, -0.05) is 18.2 Å². The molecule has 1 fully saturated rings. The number of hydrogen-bond acceptors (Lipinski definition) is 5. The quantitative estimate of drug-likeness (QED) is 0.782. The number of ether oxygens (including phenoxy) is 1.